The smallest absolute Gasteiger partial charge is 0.175 e. The summed E-state index contributed by atoms with van der Waals surface area (Å²) >= 11 is 0. The average molecular weight is 440 g/mol. The minimum Gasteiger partial charge on any atom is -0.483 e. The standard InChI is InChI=1S/C27H29N5O/c1-18-9-10-23-22(6-4-7-24(23)28-18)20-11-14-31(15-12-20)16-13-21-5-3-8-25-27(21)33-17-26-30-29-19(2)32(25)26/h3-10,20H,11-17H2,1-2H3. The number of pyridine rings is 1. The molecule has 4 aromatic rings. The number of fused-ring (bicyclic) bond motifs is 4. The van der Waals surface area contributed by atoms with Crippen LogP contribution >= 0.6 is 0 Å². The highest BCUT2D eigenvalue weighted by molar-refractivity contribution is 5.83. The molecule has 0 N–H and O–H groups in total. The minimum absolute atomic E-state index is 0.482. The topological polar surface area (TPSA) is 56.1 Å². The Morgan fingerprint density at radius 3 is 2.70 bits per heavy atom. The second-order valence-corrected chi connectivity index (χ2v) is 9.29. The first-order valence-electron chi connectivity index (χ1n) is 11.9. The molecule has 0 atom stereocenters. The molecule has 4 heterocycles. The Labute approximate surface area is 194 Å². The quantitative estimate of drug-likeness (QED) is 0.459. The summed E-state index contributed by atoms with van der Waals surface area (Å²) in [5, 5.41) is 9.78. The number of hydrogen-bond donors (Lipinski definition) is 0. The van der Waals surface area contributed by atoms with E-state index in [0.717, 1.165) is 60.4 Å². The van der Waals surface area contributed by atoms with Gasteiger partial charge in [0.2, 0.25) is 0 Å². The molecule has 2 aromatic carbocycles. The third-order valence-corrected chi connectivity index (χ3v) is 7.18. The largest absolute Gasteiger partial charge is 0.483 e. The van der Waals surface area contributed by atoms with E-state index in [9.17, 15) is 0 Å². The van der Waals surface area contributed by atoms with Crippen molar-refractivity contribution in [3.63, 3.8) is 0 Å². The highest BCUT2D eigenvalue weighted by atomic mass is 16.5. The van der Waals surface area contributed by atoms with Crippen LogP contribution in [-0.2, 0) is 13.0 Å². The van der Waals surface area contributed by atoms with Gasteiger partial charge in [0.05, 0.1) is 11.2 Å². The predicted molar refractivity (Wildman–Crippen MR) is 129 cm³/mol. The van der Waals surface area contributed by atoms with Crippen LogP contribution < -0.4 is 4.74 Å². The Bertz CT molecular complexity index is 1320. The van der Waals surface area contributed by atoms with Crippen LogP contribution in [0.2, 0.25) is 0 Å². The average Bonchev–Trinajstić information content (AvgIpc) is 3.23. The van der Waals surface area contributed by atoms with Gasteiger partial charge in [0, 0.05) is 17.6 Å². The van der Waals surface area contributed by atoms with Gasteiger partial charge < -0.3 is 9.64 Å². The number of piperidine rings is 1. The molecule has 2 aliphatic rings. The predicted octanol–water partition coefficient (Wildman–Crippen LogP) is 4.75. The van der Waals surface area contributed by atoms with Gasteiger partial charge in [0.1, 0.15) is 18.2 Å². The Hall–Kier alpha value is -3.25. The van der Waals surface area contributed by atoms with Gasteiger partial charge in [-0.2, -0.15) is 0 Å². The molecule has 33 heavy (non-hydrogen) atoms. The summed E-state index contributed by atoms with van der Waals surface area (Å²) in [7, 11) is 0. The van der Waals surface area contributed by atoms with Gasteiger partial charge in [0.25, 0.3) is 0 Å². The Morgan fingerprint density at radius 2 is 1.82 bits per heavy atom. The summed E-state index contributed by atoms with van der Waals surface area (Å²) in [4.78, 5) is 7.33. The number of hydrogen-bond acceptors (Lipinski definition) is 5. The highest BCUT2D eigenvalue weighted by Gasteiger charge is 2.25. The molecule has 0 unspecified atom stereocenters. The van der Waals surface area contributed by atoms with Gasteiger partial charge in [-0.15, -0.1) is 10.2 Å². The fraction of sp³-hybridized carbons (Fsp3) is 0.370. The lowest BCUT2D eigenvalue weighted by Crippen LogP contribution is -2.34. The van der Waals surface area contributed by atoms with Crippen LogP contribution in [0.4, 0.5) is 0 Å². The summed E-state index contributed by atoms with van der Waals surface area (Å²) in [5.74, 6) is 3.38. The lowest BCUT2D eigenvalue weighted by molar-refractivity contribution is 0.213. The molecule has 0 amide bonds. The molecule has 6 rings (SSSR count). The number of likely N-dealkylation sites (tertiary alicyclic amines) is 1. The van der Waals surface area contributed by atoms with Crippen molar-refractivity contribution in [3.8, 4) is 11.4 Å². The fourth-order valence-corrected chi connectivity index (χ4v) is 5.44. The third-order valence-electron chi connectivity index (χ3n) is 7.18. The zero-order chi connectivity index (χ0) is 22.4. The molecule has 6 heteroatoms. The van der Waals surface area contributed by atoms with Crippen molar-refractivity contribution in [1.29, 1.82) is 0 Å². The normalized spacial score (nSPS) is 16.4. The number of ether oxygens (including phenoxy) is 1. The van der Waals surface area contributed by atoms with Gasteiger partial charge in [-0.3, -0.25) is 9.55 Å². The molecular weight excluding hydrogens is 410 g/mol. The summed E-state index contributed by atoms with van der Waals surface area (Å²) in [6, 6.07) is 17.4. The molecule has 0 saturated carbocycles. The van der Waals surface area contributed by atoms with Crippen LogP contribution in [0.1, 0.15) is 47.2 Å². The molecule has 168 valence electrons. The SMILES string of the molecule is Cc1ccc2c(C3CCN(CCc4cccc5c4OCc4nnc(C)n4-5)CC3)cccc2n1. The molecule has 2 aromatic heterocycles. The molecule has 0 radical (unpaired) electrons. The van der Waals surface area contributed by atoms with Gasteiger partial charge in [0.15, 0.2) is 5.82 Å². The first-order chi connectivity index (χ1) is 16.2. The fourth-order valence-electron chi connectivity index (χ4n) is 5.44. The summed E-state index contributed by atoms with van der Waals surface area (Å²) in [6.45, 7) is 7.85. The maximum absolute atomic E-state index is 6.11. The van der Waals surface area contributed by atoms with Crippen molar-refractivity contribution in [1.82, 2.24) is 24.6 Å². The number of aryl methyl sites for hydroxylation is 2. The minimum atomic E-state index is 0.482. The van der Waals surface area contributed by atoms with Gasteiger partial charge in [-0.05, 0) is 81.4 Å². The van der Waals surface area contributed by atoms with Crippen molar-refractivity contribution in [2.75, 3.05) is 19.6 Å². The number of rotatable bonds is 4. The van der Waals surface area contributed by atoms with Crippen LogP contribution in [0.3, 0.4) is 0 Å². The number of nitrogens with zero attached hydrogens (tertiary/aromatic N) is 5. The van der Waals surface area contributed by atoms with Crippen LogP contribution in [0.25, 0.3) is 16.6 Å². The first-order valence-corrected chi connectivity index (χ1v) is 11.9. The molecule has 1 fully saturated rings. The van der Waals surface area contributed by atoms with Crippen molar-refractivity contribution >= 4 is 10.9 Å². The molecule has 1 saturated heterocycles. The van der Waals surface area contributed by atoms with Crippen molar-refractivity contribution < 1.29 is 4.74 Å². The van der Waals surface area contributed by atoms with Crippen molar-refractivity contribution in [2.45, 2.75) is 45.6 Å². The molecule has 6 nitrogen and oxygen atoms in total. The highest BCUT2D eigenvalue weighted by Crippen LogP contribution is 2.35. The molecule has 0 aliphatic carbocycles. The zero-order valence-corrected chi connectivity index (χ0v) is 19.3. The monoisotopic (exact) mass is 439 g/mol. The lowest BCUT2D eigenvalue weighted by atomic mass is 9.87. The van der Waals surface area contributed by atoms with Gasteiger partial charge >= 0.3 is 0 Å². The van der Waals surface area contributed by atoms with Crippen LogP contribution in [0.5, 0.6) is 5.75 Å². The van der Waals surface area contributed by atoms with E-state index < -0.39 is 0 Å². The van der Waals surface area contributed by atoms with E-state index >= 15 is 0 Å². The Kier molecular flexibility index (Phi) is 5.10. The van der Waals surface area contributed by atoms with Crippen molar-refractivity contribution in [2.24, 2.45) is 0 Å². The van der Waals surface area contributed by atoms with Gasteiger partial charge in [-0.1, -0.05) is 30.3 Å². The number of para-hydroxylation sites is 1. The Morgan fingerprint density at radius 1 is 0.970 bits per heavy atom. The van der Waals surface area contributed by atoms with E-state index in [1.165, 1.54) is 29.4 Å². The summed E-state index contributed by atoms with van der Waals surface area (Å²) in [5.41, 5.74) is 6.00. The lowest BCUT2D eigenvalue weighted by Gasteiger charge is -2.33. The molecule has 2 aliphatic heterocycles. The molecule has 0 spiro atoms. The van der Waals surface area contributed by atoms with Crippen LogP contribution in [-0.4, -0.2) is 44.3 Å². The van der Waals surface area contributed by atoms with E-state index in [-0.39, 0.29) is 0 Å². The van der Waals surface area contributed by atoms with E-state index in [1.54, 1.807) is 0 Å². The van der Waals surface area contributed by atoms with E-state index in [2.05, 4.69) is 75.1 Å². The van der Waals surface area contributed by atoms with Crippen LogP contribution in [0, 0.1) is 13.8 Å². The maximum atomic E-state index is 6.11. The maximum Gasteiger partial charge on any atom is 0.175 e. The summed E-state index contributed by atoms with van der Waals surface area (Å²) < 4.78 is 8.23. The Balaban J connectivity index is 1.13. The number of aromatic nitrogens is 4. The second-order valence-electron chi connectivity index (χ2n) is 9.29. The van der Waals surface area contributed by atoms with E-state index in [1.807, 2.05) is 6.92 Å². The van der Waals surface area contributed by atoms with Crippen molar-refractivity contribution in [3.05, 3.63) is 77.0 Å². The molecular formula is C27H29N5O. The number of benzene rings is 2. The van der Waals surface area contributed by atoms with Crippen LogP contribution in [0.15, 0.2) is 48.5 Å². The molecule has 0 bridgehead atoms. The third kappa shape index (κ3) is 3.68. The second kappa shape index (κ2) is 8.27. The first kappa shape index (κ1) is 20.4. The zero-order valence-electron chi connectivity index (χ0n) is 19.3. The van der Waals surface area contributed by atoms with E-state index in [4.69, 9.17) is 9.72 Å². The summed E-state index contributed by atoms with van der Waals surface area (Å²) in [6.07, 6.45) is 3.38. The van der Waals surface area contributed by atoms with Gasteiger partial charge in [-0.25, -0.2) is 0 Å². The van der Waals surface area contributed by atoms with E-state index in [0.29, 0.717) is 12.5 Å².